The van der Waals surface area contributed by atoms with E-state index in [0.29, 0.717) is 12.1 Å². The summed E-state index contributed by atoms with van der Waals surface area (Å²) in [4.78, 5) is 0. The molecule has 0 aliphatic carbocycles. The van der Waals surface area contributed by atoms with Crippen LogP contribution in [-0.4, -0.2) is 13.7 Å². The summed E-state index contributed by atoms with van der Waals surface area (Å²) in [5, 5.41) is 3.15. The van der Waals surface area contributed by atoms with Gasteiger partial charge in [-0.3, -0.25) is 0 Å². The fourth-order valence-corrected chi connectivity index (χ4v) is 2.11. The van der Waals surface area contributed by atoms with Crippen molar-refractivity contribution in [3.8, 4) is 11.5 Å². The van der Waals surface area contributed by atoms with Crippen LogP contribution in [0.3, 0.4) is 0 Å². The summed E-state index contributed by atoms with van der Waals surface area (Å²) in [7, 11) is 1.42. The van der Waals surface area contributed by atoms with Crippen molar-refractivity contribution in [1.82, 2.24) is 0 Å². The number of nitrogens with one attached hydrogen (secondary N) is 1. The highest BCUT2D eigenvalue weighted by atomic mass is 79.9. The molecule has 112 valence electrons. The van der Waals surface area contributed by atoms with E-state index in [4.69, 9.17) is 4.74 Å². The van der Waals surface area contributed by atoms with Crippen LogP contribution in [0.2, 0.25) is 0 Å². The molecule has 0 amide bonds. The lowest BCUT2D eigenvalue weighted by molar-refractivity contribution is -0.0517. The maximum absolute atomic E-state index is 12.5. The van der Waals surface area contributed by atoms with Crippen molar-refractivity contribution in [1.29, 1.82) is 0 Å². The standard InChI is InChI=1S/C15H14BrF2NO2/c1-20-13-4-2-3-10(14(13)21-15(17)18)9-19-12-7-5-11(16)6-8-12/h2-8,15,19H,9H2,1H3. The van der Waals surface area contributed by atoms with Gasteiger partial charge in [-0.2, -0.15) is 8.78 Å². The van der Waals surface area contributed by atoms with Crippen molar-refractivity contribution in [2.45, 2.75) is 13.2 Å². The molecule has 0 aliphatic heterocycles. The molecule has 0 radical (unpaired) electrons. The lowest BCUT2D eigenvalue weighted by Gasteiger charge is -2.15. The first kappa shape index (κ1) is 15.6. The van der Waals surface area contributed by atoms with Crippen molar-refractivity contribution < 1.29 is 18.3 Å². The number of ether oxygens (including phenoxy) is 2. The van der Waals surface area contributed by atoms with Crippen LogP contribution >= 0.6 is 15.9 Å². The van der Waals surface area contributed by atoms with E-state index >= 15 is 0 Å². The number of benzene rings is 2. The second-order valence-corrected chi connectivity index (χ2v) is 5.10. The molecule has 0 saturated heterocycles. The number of rotatable bonds is 6. The smallest absolute Gasteiger partial charge is 0.387 e. The topological polar surface area (TPSA) is 30.5 Å². The van der Waals surface area contributed by atoms with Gasteiger partial charge < -0.3 is 14.8 Å². The average Bonchev–Trinajstić information content (AvgIpc) is 2.47. The van der Waals surface area contributed by atoms with Crippen LogP contribution in [0.1, 0.15) is 5.56 Å². The van der Waals surface area contributed by atoms with E-state index in [0.717, 1.165) is 10.2 Å². The molecule has 0 fully saturated rings. The fourth-order valence-electron chi connectivity index (χ4n) is 1.85. The molecule has 0 bridgehead atoms. The molecule has 21 heavy (non-hydrogen) atoms. The molecule has 0 aromatic heterocycles. The summed E-state index contributed by atoms with van der Waals surface area (Å²) in [6.45, 7) is -2.55. The zero-order chi connectivity index (χ0) is 15.2. The van der Waals surface area contributed by atoms with Crippen LogP contribution in [-0.2, 0) is 6.54 Å². The van der Waals surface area contributed by atoms with Gasteiger partial charge in [0.05, 0.1) is 7.11 Å². The largest absolute Gasteiger partial charge is 0.493 e. The normalized spacial score (nSPS) is 10.5. The Labute approximate surface area is 130 Å². The quantitative estimate of drug-likeness (QED) is 0.814. The van der Waals surface area contributed by atoms with Crippen molar-refractivity contribution in [3.05, 3.63) is 52.5 Å². The monoisotopic (exact) mass is 357 g/mol. The van der Waals surface area contributed by atoms with Gasteiger partial charge >= 0.3 is 6.61 Å². The Kier molecular flexibility index (Phi) is 5.38. The third kappa shape index (κ3) is 4.32. The molecule has 0 spiro atoms. The highest BCUT2D eigenvalue weighted by molar-refractivity contribution is 9.10. The minimum Gasteiger partial charge on any atom is -0.493 e. The van der Waals surface area contributed by atoms with Gasteiger partial charge in [-0.25, -0.2) is 0 Å². The van der Waals surface area contributed by atoms with Crippen molar-refractivity contribution in [3.63, 3.8) is 0 Å². The SMILES string of the molecule is COc1cccc(CNc2ccc(Br)cc2)c1OC(F)F. The predicted octanol–water partition coefficient (Wildman–Crippen LogP) is 4.67. The summed E-state index contributed by atoms with van der Waals surface area (Å²) >= 11 is 3.35. The highest BCUT2D eigenvalue weighted by Crippen LogP contribution is 2.33. The first-order valence-corrected chi connectivity index (χ1v) is 6.99. The highest BCUT2D eigenvalue weighted by Gasteiger charge is 2.15. The third-order valence-corrected chi connectivity index (χ3v) is 3.34. The van der Waals surface area contributed by atoms with E-state index in [1.54, 1.807) is 18.2 Å². The van der Waals surface area contributed by atoms with E-state index in [9.17, 15) is 8.78 Å². The van der Waals surface area contributed by atoms with E-state index in [2.05, 4.69) is 26.0 Å². The van der Waals surface area contributed by atoms with Crippen LogP contribution < -0.4 is 14.8 Å². The summed E-state index contributed by atoms with van der Waals surface area (Å²) in [5.41, 5.74) is 1.47. The minimum absolute atomic E-state index is 0.0552. The molecule has 0 saturated carbocycles. The Morgan fingerprint density at radius 1 is 1.14 bits per heavy atom. The van der Waals surface area contributed by atoms with Crippen molar-refractivity contribution >= 4 is 21.6 Å². The van der Waals surface area contributed by atoms with E-state index in [-0.39, 0.29) is 11.5 Å². The second kappa shape index (κ2) is 7.26. The molecule has 0 aliphatic rings. The van der Waals surface area contributed by atoms with Crippen LogP contribution in [0.25, 0.3) is 0 Å². The maximum Gasteiger partial charge on any atom is 0.387 e. The Bertz CT molecular complexity index is 591. The summed E-state index contributed by atoms with van der Waals surface area (Å²) in [6.07, 6.45) is 0. The van der Waals surface area contributed by atoms with Crippen LogP contribution in [0.4, 0.5) is 14.5 Å². The molecule has 0 unspecified atom stereocenters. The van der Waals surface area contributed by atoms with Gasteiger partial charge in [0, 0.05) is 22.3 Å². The number of para-hydroxylation sites is 1. The molecule has 2 aromatic rings. The number of alkyl halides is 2. The molecule has 0 atom stereocenters. The number of halogens is 3. The molecule has 2 rings (SSSR count). The number of hydrogen-bond donors (Lipinski definition) is 1. The van der Waals surface area contributed by atoms with Crippen molar-refractivity contribution in [2.24, 2.45) is 0 Å². The zero-order valence-electron chi connectivity index (χ0n) is 11.3. The number of hydrogen-bond acceptors (Lipinski definition) is 3. The van der Waals surface area contributed by atoms with Gasteiger partial charge in [-0.15, -0.1) is 0 Å². The van der Waals surface area contributed by atoms with Gasteiger partial charge in [0.1, 0.15) is 0 Å². The van der Waals surface area contributed by atoms with E-state index in [1.807, 2.05) is 24.3 Å². The summed E-state index contributed by atoms with van der Waals surface area (Å²) in [6, 6.07) is 12.6. The molecule has 3 nitrogen and oxygen atoms in total. The molecule has 2 aromatic carbocycles. The Balaban J connectivity index is 2.16. The van der Waals surface area contributed by atoms with Gasteiger partial charge in [-0.1, -0.05) is 28.1 Å². The molecule has 0 heterocycles. The van der Waals surface area contributed by atoms with Crippen LogP contribution in [0, 0.1) is 0 Å². The van der Waals surface area contributed by atoms with Crippen molar-refractivity contribution in [2.75, 3.05) is 12.4 Å². The molecule has 6 heteroatoms. The fraction of sp³-hybridized carbons (Fsp3) is 0.200. The Morgan fingerprint density at radius 2 is 1.86 bits per heavy atom. The lowest BCUT2D eigenvalue weighted by Crippen LogP contribution is -2.08. The number of methoxy groups -OCH3 is 1. The molecule has 1 N–H and O–H groups in total. The van der Waals surface area contributed by atoms with Gasteiger partial charge in [0.25, 0.3) is 0 Å². The van der Waals surface area contributed by atoms with E-state index in [1.165, 1.54) is 7.11 Å². The Hall–Kier alpha value is -1.82. The first-order valence-electron chi connectivity index (χ1n) is 6.20. The number of anilines is 1. The summed E-state index contributed by atoms with van der Waals surface area (Å²) < 4.78 is 35.6. The Morgan fingerprint density at radius 3 is 2.48 bits per heavy atom. The van der Waals surface area contributed by atoms with Crippen LogP contribution in [0.15, 0.2) is 46.9 Å². The van der Waals surface area contributed by atoms with Gasteiger partial charge in [0.15, 0.2) is 11.5 Å². The zero-order valence-corrected chi connectivity index (χ0v) is 12.9. The first-order chi connectivity index (χ1) is 10.1. The minimum atomic E-state index is -2.90. The molecular weight excluding hydrogens is 344 g/mol. The predicted molar refractivity (Wildman–Crippen MR) is 81.1 cm³/mol. The molecular formula is C15H14BrF2NO2. The van der Waals surface area contributed by atoms with Crippen LogP contribution in [0.5, 0.6) is 11.5 Å². The van der Waals surface area contributed by atoms with Gasteiger partial charge in [-0.05, 0) is 30.3 Å². The second-order valence-electron chi connectivity index (χ2n) is 4.19. The van der Waals surface area contributed by atoms with Gasteiger partial charge in [0.2, 0.25) is 0 Å². The van der Waals surface area contributed by atoms with E-state index < -0.39 is 6.61 Å². The third-order valence-electron chi connectivity index (χ3n) is 2.81. The summed E-state index contributed by atoms with van der Waals surface area (Å²) in [5.74, 6) is 0.338. The maximum atomic E-state index is 12.5. The lowest BCUT2D eigenvalue weighted by atomic mass is 10.1. The average molecular weight is 358 g/mol.